The van der Waals surface area contributed by atoms with Gasteiger partial charge in [0.2, 0.25) is 0 Å². The van der Waals surface area contributed by atoms with Gasteiger partial charge in [-0.3, -0.25) is 14.6 Å². The van der Waals surface area contributed by atoms with Crippen molar-refractivity contribution in [3.05, 3.63) is 75.8 Å². The number of likely N-dealkylation sites (tertiary alicyclic amines) is 1. The number of amides is 1. The average Bonchev–Trinajstić information content (AvgIpc) is 3.59. The third-order valence-electron chi connectivity index (χ3n) is 6.01. The molecule has 1 aromatic carbocycles. The molecule has 1 saturated heterocycles. The molecule has 0 N–H and O–H groups in total. The molecule has 5 rings (SSSR count). The van der Waals surface area contributed by atoms with Gasteiger partial charge in [-0.05, 0) is 61.1 Å². The van der Waals surface area contributed by atoms with Gasteiger partial charge < -0.3 is 9.64 Å². The average molecular weight is 416 g/mol. The van der Waals surface area contributed by atoms with Crippen LogP contribution in [0.2, 0.25) is 0 Å². The molecule has 1 saturated carbocycles. The molecule has 0 radical (unpaired) electrons. The van der Waals surface area contributed by atoms with E-state index in [1.165, 1.54) is 10.7 Å². The summed E-state index contributed by atoms with van der Waals surface area (Å²) in [5.41, 5.74) is 3.99. The normalized spacial score (nSPS) is 16.1. The van der Waals surface area contributed by atoms with Crippen molar-refractivity contribution in [3.8, 4) is 17.0 Å². The van der Waals surface area contributed by atoms with Crippen molar-refractivity contribution in [3.63, 3.8) is 0 Å². The molecule has 1 aliphatic heterocycles. The van der Waals surface area contributed by atoms with E-state index in [1.807, 2.05) is 37.3 Å². The van der Waals surface area contributed by atoms with E-state index in [4.69, 9.17) is 4.74 Å². The van der Waals surface area contributed by atoms with Crippen LogP contribution in [0.15, 0.2) is 53.5 Å². The van der Waals surface area contributed by atoms with Crippen LogP contribution in [0, 0.1) is 6.92 Å². The Morgan fingerprint density at radius 1 is 1.13 bits per heavy atom. The number of carbonyl (C=O) groups excluding carboxylic acids is 1. The predicted molar refractivity (Wildman–Crippen MR) is 116 cm³/mol. The predicted octanol–water partition coefficient (Wildman–Crippen LogP) is 3.20. The maximum absolute atomic E-state index is 13.0. The van der Waals surface area contributed by atoms with Crippen LogP contribution in [-0.4, -0.2) is 45.8 Å². The third-order valence-corrected chi connectivity index (χ3v) is 6.01. The molecule has 1 amide bonds. The molecule has 7 heteroatoms. The Morgan fingerprint density at radius 3 is 2.68 bits per heavy atom. The van der Waals surface area contributed by atoms with E-state index in [0.717, 1.165) is 29.5 Å². The Hall–Kier alpha value is -3.48. The summed E-state index contributed by atoms with van der Waals surface area (Å²) in [5, 5.41) is 4.60. The number of aromatic nitrogens is 3. The van der Waals surface area contributed by atoms with E-state index in [1.54, 1.807) is 24.3 Å². The molecule has 0 unspecified atom stereocenters. The van der Waals surface area contributed by atoms with Crippen LogP contribution in [0.4, 0.5) is 0 Å². The molecule has 3 heterocycles. The van der Waals surface area contributed by atoms with E-state index >= 15 is 0 Å². The summed E-state index contributed by atoms with van der Waals surface area (Å²) in [6.07, 6.45) is 3.90. The lowest BCUT2D eigenvalue weighted by Crippen LogP contribution is -2.53. The highest BCUT2D eigenvalue weighted by atomic mass is 16.5. The minimum Gasteiger partial charge on any atom is -0.496 e. The van der Waals surface area contributed by atoms with Crippen LogP contribution >= 0.6 is 0 Å². The van der Waals surface area contributed by atoms with Gasteiger partial charge in [0.1, 0.15) is 11.4 Å². The SMILES string of the molecule is COc1cc(C)ccc1-c1ccc(=O)n(C2CN(C(=O)c3ncccc3C3CC3)C2)n1. The highest BCUT2D eigenvalue weighted by Gasteiger charge is 2.37. The molecule has 3 aromatic rings. The van der Waals surface area contributed by atoms with Crippen LogP contribution in [-0.2, 0) is 0 Å². The Balaban J connectivity index is 1.37. The molecule has 0 bridgehead atoms. The maximum atomic E-state index is 13.0. The lowest BCUT2D eigenvalue weighted by molar-refractivity contribution is 0.0486. The van der Waals surface area contributed by atoms with Crippen molar-refractivity contribution in [2.75, 3.05) is 20.2 Å². The third kappa shape index (κ3) is 3.60. The van der Waals surface area contributed by atoms with E-state index in [9.17, 15) is 9.59 Å². The van der Waals surface area contributed by atoms with Crippen molar-refractivity contribution in [2.45, 2.75) is 31.7 Å². The monoisotopic (exact) mass is 416 g/mol. The van der Waals surface area contributed by atoms with Gasteiger partial charge in [-0.25, -0.2) is 4.68 Å². The van der Waals surface area contributed by atoms with Gasteiger partial charge in [0, 0.05) is 30.9 Å². The lowest BCUT2D eigenvalue weighted by atomic mass is 10.0. The van der Waals surface area contributed by atoms with Gasteiger partial charge in [0.25, 0.3) is 11.5 Å². The number of carbonyl (C=O) groups is 1. The number of rotatable bonds is 5. The quantitative estimate of drug-likeness (QED) is 0.638. The molecule has 158 valence electrons. The zero-order valence-electron chi connectivity index (χ0n) is 17.6. The second-order valence-electron chi connectivity index (χ2n) is 8.28. The minimum absolute atomic E-state index is 0.0665. The molecule has 2 aliphatic rings. The Kier molecular flexibility index (Phi) is 4.81. The minimum atomic E-state index is -0.177. The summed E-state index contributed by atoms with van der Waals surface area (Å²) in [4.78, 5) is 31.6. The molecular weight excluding hydrogens is 392 g/mol. The highest BCUT2D eigenvalue weighted by molar-refractivity contribution is 5.94. The maximum Gasteiger partial charge on any atom is 0.272 e. The number of methoxy groups -OCH3 is 1. The number of hydrogen-bond acceptors (Lipinski definition) is 5. The van der Waals surface area contributed by atoms with Gasteiger partial charge >= 0.3 is 0 Å². The van der Waals surface area contributed by atoms with Crippen molar-refractivity contribution in [2.24, 2.45) is 0 Å². The molecular formula is C24H24N4O3. The molecule has 0 spiro atoms. The van der Waals surface area contributed by atoms with Crippen LogP contribution in [0.1, 0.15) is 46.4 Å². The number of benzene rings is 1. The van der Waals surface area contributed by atoms with Crippen LogP contribution in [0.25, 0.3) is 11.3 Å². The molecule has 2 fully saturated rings. The second-order valence-corrected chi connectivity index (χ2v) is 8.28. The number of nitrogens with zero attached hydrogens (tertiary/aromatic N) is 4. The van der Waals surface area contributed by atoms with E-state index in [0.29, 0.717) is 36.1 Å². The molecule has 31 heavy (non-hydrogen) atoms. The molecule has 1 aliphatic carbocycles. The van der Waals surface area contributed by atoms with Crippen molar-refractivity contribution in [1.82, 2.24) is 19.7 Å². The summed E-state index contributed by atoms with van der Waals surface area (Å²) in [6.45, 7) is 2.89. The number of ether oxygens (including phenoxy) is 1. The van der Waals surface area contributed by atoms with Gasteiger partial charge in [0.05, 0.1) is 18.8 Å². The fourth-order valence-electron chi connectivity index (χ4n) is 4.09. The Labute approximate surface area is 180 Å². The van der Waals surface area contributed by atoms with Gasteiger partial charge in [-0.2, -0.15) is 5.10 Å². The smallest absolute Gasteiger partial charge is 0.272 e. The summed E-state index contributed by atoms with van der Waals surface area (Å²) < 4.78 is 6.98. The van der Waals surface area contributed by atoms with Crippen molar-refractivity contribution >= 4 is 5.91 Å². The molecule has 0 atom stereocenters. The van der Waals surface area contributed by atoms with Crippen LogP contribution in [0.3, 0.4) is 0 Å². The van der Waals surface area contributed by atoms with E-state index in [-0.39, 0.29) is 17.5 Å². The van der Waals surface area contributed by atoms with E-state index in [2.05, 4.69) is 10.1 Å². The highest BCUT2D eigenvalue weighted by Crippen LogP contribution is 2.41. The van der Waals surface area contributed by atoms with Gasteiger partial charge in [-0.1, -0.05) is 12.1 Å². The topological polar surface area (TPSA) is 77.3 Å². The van der Waals surface area contributed by atoms with Gasteiger partial charge in [-0.15, -0.1) is 0 Å². The zero-order chi connectivity index (χ0) is 21.5. The van der Waals surface area contributed by atoms with Crippen LogP contribution < -0.4 is 10.3 Å². The first-order chi connectivity index (χ1) is 15.0. The zero-order valence-corrected chi connectivity index (χ0v) is 17.6. The molecule has 2 aromatic heterocycles. The summed E-state index contributed by atoms with van der Waals surface area (Å²) >= 11 is 0. The summed E-state index contributed by atoms with van der Waals surface area (Å²) in [5.74, 6) is 1.10. The number of aryl methyl sites for hydroxylation is 1. The van der Waals surface area contributed by atoms with E-state index < -0.39 is 0 Å². The summed E-state index contributed by atoms with van der Waals surface area (Å²) in [7, 11) is 1.62. The first kappa shape index (κ1) is 19.5. The largest absolute Gasteiger partial charge is 0.496 e. The fourth-order valence-corrected chi connectivity index (χ4v) is 4.09. The number of hydrogen-bond donors (Lipinski definition) is 0. The lowest BCUT2D eigenvalue weighted by Gasteiger charge is -2.39. The van der Waals surface area contributed by atoms with Gasteiger partial charge in [0.15, 0.2) is 0 Å². The second kappa shape index (κ2) is 7.65. The number of pyridine rings is 1. The van der Waals surface area contributed by atoms with Crippen LogP contribution in [0.5, 0.6) is 5.75 Å². The first-order valence-electron chi connectivity index (χ1n) is 10.5. The molecule has 7 nitrogen and oxygen atoms in total. The summed E-state index contributed by atoms with van der Waals surface area (Å²) in [6, 6.07) is 12.9. The standard InChI is InChI=1S/C24H24N4O3/c1-15-5-8-19(21(12-15)31-2)20-9-10-22(29)28(26-20)17-13-27(14-17)24(30)23-18(16-6-7-16)4-3-11-25-23/h3-5,8-12,16-17H,6-7,13-14H2,1-2H3. The van der Waals surface area contributed by atoms with Crippen molar-refractivity contribution < 1.29 is 9.53 Å². The fraction of sp³-hybridized carbons (Fsp3) is 0.333. The van der Waals surface area contributed by atoms with Crippen molar-refractivity contribution in [1.29, 1.82) is 0 Å². The first-order valence-corrected chi connectivity index (χ1v) is 10.5. The Bertz CT molecular complexity index is 1210. The Morgan fingerprint density at radius 2 is 1.94 bits per heavy atom.